The molecule has 0 saturated heterocycles. The number of hydrogen-bond acceptors (Lipinski definition) is 6. The van der Waals surface area contributed by atoms with Crippen LogP contribution in [-0.4, -0.2) is 38.1 Å². The number of nitrogens with zero attached hydrogens (tertiary/aromatic N) is 4. The third-order valence-electron chi connectivity index (χ3n) is 3.88. The molecule has 3 rings (SSSR count). The van der Waals surface area contributed by atoms with Crippen LogP contribution in [0.3, 0.4) is 0 Å². The molecule has 1 aromatic carbocycles. The van der Waals surface area contributed by atoms with Crippen molar-refractivity contribution in [3.05, 3.63) is 58.1 Å². The molecule has 140 valence electrons. The van der Waals surface area contributed by atoms with Crippen LogP contribution in [0.15, 0.2) is 30.3 Å². The van der Waals surface area contributed by atoms with E-state index in [1.165, 1.54) is 4.52 Å². The van der Waals surface area contributed by atoms with Crippen LogP contribution in [0.2, 0.25) is 5.02 Å². The van der Waals surface area contributed by atoms with Gasteiger partial charge in [-0.25, -0.2) is 14.3 Å². The van der Waals surface area contributed by atoms with E-state index in [4.69, 9.17) is 16.3 Å². The predicted molar refractivity (Wildman–Crippen MR) is 98.5 cm³/mol. The summed E-state index contributed by atoms with van der Waals surface area (Å²) in [6.45, 7) is 5.05. The first-order valence-electron chi connectivity index (χ1n) is 8.26. The SMILES string of the molecule is Cc1cc(C)n2nc(C(=O)OCC(=O)N[C@@H](C)c3ccc(Cl)cc3)nc2n1. The molecule has 1 atom stereocenters. The van der Waals surface area contributed by atoms with Gasteiger partial charge < -0.3 is 10.1 Å². The summed E-state index contributed by atoms with van der Waals surface area (Å²) in [5, 5.41) is 7.44. The molecule has 1 amide bonds. The van der Waals surface area contributed by atoms with Gasteiger partial charge in [0.15, 0.2) is 6.61 Å². The van der Waals surface area contributed by atoms with Crippen molar-refractivity contribution in [1.29, 1.82) is 0 Å². The molecule has 0 radical (unpaired) electrons. The molecule has 0 fully saturated rings. The first kappa shape index (κ1) is 18.8. The van der Waals surface area contributed by atoms with Gasteiger partial charge in [0.05, 0.1) is 6.04 Å². The molecule has 1 N–H and O–H groups in total. The van der Waals surface area contributed by atoms with Crippen molar-refractivity contribution in [2.24, 2.45) is 0 Å². The summed E-state index contributed by atoms with van der Waals surface area (Å²) in [4.78, 5) is 32.4. The average Bonchev–Trinajstić information content (AvgIpc) is 3.04. The molecule has 8 nitrogen and oxygen atoms in total. The number of aromatic nitrogens is 4. The summed E-state index contributed by atoms with van der Waals surface area (Å²) in [5.41, 5.74) is 2.44. The minimum Gasteiger partial charge on any atom is -0.450 e. The van der Waals surface area contributed by atoms with Gasteiger partial charge in [0, 0.05) is 16.4 Å². The van der Waals surface area contributed by atoms with Gasteiger partial charge in [-0.05, 0) is 44.5 Å². The maximum absolute atomic E-state index is 12.1. The average molecular weight is 388 g/mol. The van der Waals surface area contributed by atoms with E-state index in [1.54, 1.807) is 12.1 Å². The Kier molecular flexibility index (Phi) is 5.36. The van der Waals surface area contributed by atoms with Crippen LogP contribution < -0.4 is 5.32 Å². The van der Waals surface area contributed by atoms with Gasteiger partial charge >= 0.3 is 5.97 Å². The molecule has 3 aromatic rings. The third kappa shape index (κ3) is 4.40. The number of hydrogen-bond donors (Lipinski definition) is 1. The lowest BCUT2D eigenvalue weighted by molar-refractivity contribution is -0.124. The van der Waals surface area contributed by atoms with Crippen molar-refractivity contribution in [3.63, 3.8) is 0 Å². The molecule has 0 unspecified atom stereocenters. The highest BCUT2D eigenvalue weighted by molar-refractivity contribution is 6.30. The zero-order chi connectivity index (χ0) is 19.6. The number of carbonyl (C=O) groups is 2. The predicted octanol–water partition coefficient (Wildman–Crippen LogP) is 2.43. The molecule has 0 aliphatic rings. The second kappa shape index (κ2) is 7.71. The molecule has 0 aliphatic heterocycles. The van der Waals surface area contributed by atoms with Crippen LogP contribution in [0.1, 0.15) is 40.5 Å². The zero-order valence-electron chi connectivity index (χ0n) is 15.1. The number of esters is 1. The van der Waals surface area contributed by atoms with Crippen molar-refractivity contribution < 1.29 is 14.3 Å². The largest absolute Gasteiger partial charge is 0.450 e. The summed E-state index contributed by atoms with van der Waals surface area (Å²) >= 11 is 5.85. The summed E-state index contributed by atoms with van der Waals surface area (Å²) in [7, 11) is 0. The first-order valence-corrected chi connectivity index (χ1v) is 8.64. The van der Waals surface area contributed by atoms with Crippen molar-refractivity contribution in [1.82, 2.24) is 24.9 Å². The Morgan fingerprint density at radius 3 is 2.63 bits per heavy atom. The number of amides is 1. The Balaban J connectivity index is 1.59. The van der Waals surface area contributed by atoms with Crippen LogP contribution in [-0.2, 0) is 9.53 Å². The number of aryl methyl sites for hydroxylation is 2. The molecule has 0 bridgehead atoms. The molecule has 2 heterocycles. The van der Waals surface area contributed by atoms with Gasteiger partial charge in [0.25, 0.3) is 17.5 Å². The quantitative estimate of drug-likeness (QED) is 0.675. The molecule has 0 spiro atoms. The fourth-order valence-electron chi connectivity index (χ4n) is 2.57. The topological polar surface area (TPSA) is 98.5 Å². The number of ether oxygens (including phenoxy) is 1. The van der Waals surface area contributed by atoms with Crippen molar-refractivity contribution in [2.75, 3.05) is 6.61 Å². The second-order valence-electron chi connectivity index (χ2n) is 6.10. The number of carbonyl (C=O) groups excluding carboxylic acids is 2. The van der Waals surface area contributed by atoms with E-state index < -0.39 is 18.5 Å². The van der Waals surface area contributed by atoms with Crippen LogP contribution in [0, 0.1) is 13.8 Å². The smallest absolute Gasteiger partial charge is 0.378 e. The van der Waals surface area contributed by atoms with Gasteiger partial charge in [-0.15, -0.1) is 5.10 Å². The highest BCUT2D eigenvalue weighted by Gasteiger charge is 2.18. The Morgan fingerprint density at radius 2 is 1.93 bits per heavy atom. The van der Waals surface area contributed by atoms with Crippen LogP contribution >= 0.6 is 11.6 Å². The zero-order valence-corrected chi connectivity index (χ0v) is 15.8. The van der Waals surface area contributed by atoms with Gasteiger partial charge in [-0.1, -0.05) is 23.7 Å². The maximum atomic E-state index is 12.1. The number of fused-ring (bicyclic) bond motifs is 1. The third-order valence-corrected chi connectivity index (χ3v) is 4.13. The van der Waals surface area contributed by atoms with Crippen LogP contribution in [0.4, 0.5) is 0 Å². The Labute approximate surface area is 160 Å². The molecule has 0 aliphatic carbocycles. The number of nitrogens with one attached hydrogen (secondary N) is 1. The lowest BCUT2D eigenvalue weighted by atomic mass is 10.1. The van der Waals surface area contributed by atoms with E-state index in [1.807, 2.05) is 39.0 Å². The van der Waals surface area contributed by atoms with Crippen molar-refractivity contribution in [3.8, 4) is 0 Å². The van der Waals surface area contributed by atoms with E-state index >= 15 is 0 Å². The summed E-state index contributed by atoms with van der Waals surface area (Å²) in [6, 6.07) is 8.69. The molecule has 0 saturated carbocycles. The van der Waals surface area contributed by atoms with E-state index in [2.05, 4.69) is 20.4 Å². The van der Waals surface area contributed by atoms with Crippen LogP contribution in [0.5, 0.6) is 0 Å². The Bertz CT molecular complexity index is 1000. The highest BCUT2D eigenvalue weighted by Crippen LogP contribution is 2.15. The fraction of sp³-hybridized carbons (Fsp3) is 0.278. The van der Waals surface area contributed by atoms with Gasteiger partial charge in [-0.2, -0.15) is 4.98 Å². The lowest BCUT2D eigenvalue weighted by Crippen LogP contribution is -2.31. The Morgan fingerprint density at radius 1 is 1.22 bits per heavy atom. The Hall–Kier alpha value is -3.00. The second-order valence-corrected chi connectivity index (χ2v) is 6.54. The van der Waals surface area contributed by atoms with Crippen molar-refractivity contribution in [2.45, 2.75) is 26.8 Å². The number of halogens is 1. The molecule has 27 heavy (non-hydrogen) atoms. The monoisotopic (exact) mass is 387 g/mol. The lowest BCUT2D eigenvalue weighted by Gasteiger charge is -2.14. The fourth-order valence-corrected chi connectivity index (χ4v) is 2.69. The molecule has 9 heteroatoms. The number of rotatable bonds is 5. The molecular formula is C18H18ClN5O3. The molecule has 2 aromatic heterocycles. The van der Waals surface area contributed by atoms with Gasteiger partial charge in [0.2, 0.25) is 0 Å². The van der Waals surface area contributed by atoms with Gasteiger partial charge in [-0.3, -0.25) is 4.79 Å². The minimum absolute atomic E-state index is 0.144. The minimum atomic E-state index is -0.785. The van der Waals surface area contributed by atoms with E-state index in [0.717, 1.165) is 17.0 Å². The first-order chi connectivity index (χ1) is 12.8. The number of benzene rings is 1. The van der Waals surface area contributed by atoms with Crippen LogP contribution in [0.25, 0.3) is 5.78 Å². The highest BCUT2D eigenvalue weighted by atomic mass is 35.5. The normalized spacial score (nSPS) is 12.0. The summed E-state index contributed by atoms with van der Waals surface area (Å²) in [5.74, 6) is -1.05. The van der Waals surface area contributed by atoms with E-state index in [9.17, 15) is 9.59 Å². The molecular weight excluding hydrogens is 370 g/mol. The summed E-state index contributed by atoms with van der Waals surface area (Å²) in [6.07, 6.45) is 0. The summed E-state index contributed by atoms with van der Waals surface area (Å²) < 4.78 is 6.46. The van der Waals surface area contributed by atoms with E-state index in [-0.39, 0.29) is 11.9 Å². The van der Waals surface area contributed by atoms with Crippen molar-refractivity contribution >= 4 is 29.3 Å². The van der Waals surface area contributed by atoms with E-state index in [0.29, 0.717) is 10.8 Å². The maximum Gasteiger partial charge on any atom is 0.378 e. The standard InChI is InChI=1S/C18H18ClN5O3/c1-10-8-11(2)24-18(20-10)22-16(23-24)17(26)27-9-15(25)21-12(3)13-4-6-14(19)7-5-13/h4-8,12H,9H2,1-3H3,(H,21,25)/t12-/m0/s1. The van der Waals surface area contributed by atoms with Gasteiger partial charge in [0.1, 0.15) is 0 Å².